The zero-order chi connectivity index (χ0) is 10.7. The van der Waals surface area contributed by atoms with E-state index in [1.54, 1.807) is 0 Å². The molecular formula is C11H13N3O. The summed E-state index contributed by atoms with van der Waals surface area (Å²) >= 11 is 0. The molecule has 0 spiro atoms. The summed E-state index contributed by atoms with van der Waals surface area (Å²) in [5.74, 6) is 1.27. The Labute approximate surface area is 88.1 Å². The molecule has 1 heterocycles. The van der Waals surface area contributed by atoms with E-state index in [1.807, 2.05) is 37.3 Å². The SMILES string of the molecule is CC(c1ccccc1)c1nc(CN)no1. The molecule has 4 nitrogen and oxygen atoms in total. The highest BCUT2D eigenvalue weighted by Gasteiger charge is 2.15. The van der Waals surface area contributed by atoms with Gasteiger partial charge in [-0.1, -0.05) is 35.5 Å². The van der Waals surface area contributed by atoms with Gasteiger partial charge in [-0.05, 0) is 12.5 Å². The molecular weight excluding hydrogens is 190 g/mol. The van der Waals surface area contributed by atoms with Gasteiger partial charge in [0.15, 0.2) is 5.82 Å². The lowest BCUT2D eigenvalue weighted by Crippen LogP contribution is -2.00. The second-order valence-electron chi connectivity index (χ2n) is 3.39. The number of nitrogens with two attached hydrogens (primary N) is 1. The molecule has 2 aromatic rings. The highest BCUT2D eigenvalue weighted by Crippen LogP contribution is 2.21. The fourth-order valence-corrected chi connectivity index (χ4v) is 1.41. The van der Waals surface area contributed by atoms with Crippen LogP contribution in [0.5, 0.6) is 0 Å². The van der Waals surface area contributed by atoms with Crippen molar-refractivity contribution in [1.29, 1.82) is 0 Å². The molecule has 4 heteroatoms. The zero-order valence-corrected chi connectivity index (χ0v) is 8.55. The minimum atomic E-state index is 0.110. The largest absolute Gasteiger partial charge is 0.339 e. The number of hydrogen-bond acceptors (Lipinski definition) is 4. The number of nitrogens with zero attached hydrogens (tertiary/aromatic N) is 2. The van der Waals surface area contributed by atoms with Gasteiger partial charge in [-0.3, -0.25) is 0 Å². The third kappa shape index (κ3) is 2.05. The first-order chi connectivity index (χ1) is 7.31. The van der Waals surface area contributed by atoms with Crippen LogP contribution >= 0.6 is 0 Å². The summed E-state index contributed by atoms with van der Waals surface area (Å²) in [5, 5.41) is 3.77. The van der Waals surface area contributed by atoms with Gasteiger partial charge in [0.05, 0.1) is 12.5 Å². The molecule has 2 rings (SSSR count). The van der Waals surface area contributed by atoms with Gasteiger partial charge in [0, 0.05) is 0 Å². The summed E-state index contributed by atoms with van der Waals surface area (Å²) in [5.41, 5.74) is 6.57. The van der Waals surface area contributed by atoms with Crippen molar-refractivity contribution in [2.75, 3.05) is 0 Å². The van der Waals surface area contributed by atoms with E-state index in [1.165, 1.54) is 0 Å². The lowest BCUT2D eigenvalue weighted by atomic mass is 10.0. The third-order valence-electron chi connectivity index (χ3n) is 2.34. The Morgan fingerprint density at radius 3 is 2.67 bits per heavy atom. The van der Waals surface area contributed by atoms with Crippen molar-refractivity contribution in [3.8, 4) is 0 Å². The summed E-state index contributed by atoms with van der Waals surface area (Å²) < 4.78 is 5.13. The van der Waals surface area contributed by atoms with E-state index in [-0.39, 0.29) is 5.92 Å². The molecule has 0 radical (unpaired) electrons. The molecule has 0 aliphatic rings. The summed E-state index contributed by atoms with van der Waals surface area (Å²) in [6, 6.07) is 10.0. The topological polar surface area (TPSA) is 64.9 Å². The first-order valence-corrected chi connectivity index (χ1v) is 4.88. The van der Waals surface area contributed by atoms with E-state index in [2.05, 4.69) is 10.1 Å². The van der Waals surface area contributed by atoms with E-state index in [0.717, 1.165) is 5.56 Å². The lowest BCUT2D eigenvalue weighted by Gasteiger charge is -2.05. The smallest absolute Gasteiger partial charge is 0.233 e. The van der Waals surface area contributed by atoms with E-state index >= 15 is 0 Å². The maximum absolute atomic E-state index is 5.42. The fraction of sp³-hybridized carbons (Fsp3) is 0.273. The van der Waals surface area contributed by atoms with Crippen LogP contribution in [0.2, 0.25) is 0 Å². The molecule has 2 N–H and O–H groups in total. The van der Waals surface area contributed by atoms with Crippen LogP contribution in [0.1, 0.15) is 30.1 Å². The Balaban J connectivity index is 2.24. The van der Waals surface area contributed by atoms with Gasteiger partial charge in [-0.25, -0.2) is 0 Å². The van der Waals surface area contributed by atoms with Crippen LogP contribution in [0.25, 0.3) is 0 Å². The second-order valence-corrected chi connectivity index (χ2v) is 3.39. The van der Waals surface area contributed by atoms with Crippen LogP contribution < -0.4 is 5.73 Å². The first kappa shape index (κ1) is 9.86. The van der Waals surface area contributed by atoms with Gasteiger partial charge in [0.1, 0.15) is 0 Å². The predicted molar refractivity (Wildman–Crippen MR) is 56.1 cm³/mol. The molecule has 1 atom stereocenters. The van der Waals surface area contributed by atoms with E-state index in [4.69, 9.17) is 10.3 Å². The predicted octanol–water partition coefficient (Wildman–Crippen LogP) is 1.68. The van der Waals surface area contributed by atoms with Crippen molar-refractivity contribution >= 4 is 0 Å². The van der Waals surface area contributed by atoms with Crippen LogP contribution in [0.4, 0.5) is 0 Å². The minimum Gasteiger partial charge on any atom is -0.339 e. The van der Waals surface area contributed by atoms with Crippen LogP contribution in [0, 0.1) is 0 Å². The van der Waals surface area contributed by atoms with E-state index in [9.17, 15) is 0 Å². The Kier molecular flexibility index (Phi) is 2.78. The monoisotopic (exact) mass is 203 g/mol. The molecule has 0 aliphatic carbocycles. The zero-order valence-electron chi connectivity index (χ0n) is 8.55. The summed E-state index contributed by atoms with van der Waals surface area (Å²) in [7, 11) is 0. The Hall–Kier alpha value is -1.68. The average Bonchev–Trinajstić information content (AvgIpc) is 2.78. The molecule has 0 saturated carbocycles. The third-order valence-corrected chi connectivity index (χ3v) is 2.34. The molecule has 0 bridgehead atoms. The van der Waals surface area contributed by atoms with Gasteiger partial charge in [0.2, 0.25) is 5.89 Å². The lowest BCUT2D eigenvalue weighted by molar-refractivity contribution is 0.365. The number of rotatable bonds is 3. The molecule has 0 amide bonds. The van der Waals surface area contributed by atoms with Gasteiger partial charge in [-0.15, -0.1) is 0 Å². The van der Waals surface area contributed by atoms with Crippen molar-refractivity contribution in [3.63, 3.8) is 0 Å². The molecule has 0 fully saturated rings. The highest BCUT2D eigenvalue weighted by atomic mass is 16.5. The number of benzene rings is 1. The van der Waals surface area contributed by atoms with Crippen molar-refractivity contribution < 1.29 is 4.52 Å². The van der Waals surface area contributed by atoms with Crippen molar-refractivity contribution in [1.82, 2.24) is 10.1 Å². The van der Waals surface area contributed by atoms with Crippen LogP contribution in [-0.4, -0.2) is 10.1 Å². The summed E-state index contributed by atoms with van der Waals surface area (Å²) in [6.45, 7) is 2.34. The summed E-state index contributed by atoms with van der Waals surface area (Å²) in [6.07, 6.45) is 0. The van der Waals surface area contributed by atoms with Crippen molar-refractivity contribution in [2.45, 2.75) is 19.4 Å². The maximum Gasteiger partial charge on any atom is 0.233 e. The average molecular weight is 203 g/mol. The summed E-state index contributed by atoms with van der Waals surface area (Å²) in [4.78, 5) is 4.20. The van der Waals surface area contributed by atoms with Gasteiger partial charge in [0.25, 0.3) is 0 Å². The normalized spacial score (nSPS) is 12.7. The van der Waals surface area contributed by atoms with Crippen molar-refractivity contribution in [2.24, 2.45) is 5.73 Å². The van der Waals surface area contributed by atoms with Crippen LogP contribution in [0.15, 0.2) is 34.9 Å². The highest BCUT2D eigenvalue weighted by molar-refractivity contribution is 5.23. The molecule has 15 heavy (non-hydrogen) atoms. The molecule has 1 unspecified atom stereocenters. The second kappa shape index (κ2) is 4.23. The van der Waals surface area contributed by atoms with E-state index in [0.29, 0.717) is 18.3 Å². The Bertz CT molecular complexity index is 424. The quantitative estimate of drug-likeness (QED) is 0.824. The first-order valence-electron chi connectivity index (χ1n) is 4.88. The number of hydrogen-bond donors (Lipinski definition) is 1. The number of aromatic nitrogens is 2. The van der Waals surface area contributed by atoms with Crippen LogP contribution in [0.3, 0.4) is 0 Å². The van der Waals surface area contributed by atoms with Crippen molar-refractivity contribution in [3.05, 3.63) is 47.6 Å². The van der Waals surface area contributed by atoms with Crippen LogP contribution in [-0.2, 0) is 6.54 Å². The Morgan fingerprint density at radius 2 is 2.07 bits per heavy atom. The molecule has 1 aromatic heterocycles. The fourth-order valence-electron chi connectivity index (χ4n) is 1.41. The molecule has 0 saturated heterocycles. The Morgan fingerprint density at radius 1 is 1.33 bits per heavy atom. The van der Waals surface area contributed by atoms with Gasteiger partial charge >= 0.3 is 0 Å². The van der Waals surface area contributed by atoms with E-state index < -0.39 is 0 Å². The molecule has 78 valence electrons. The maximum atomic E-state index is 5.42. The minimum absolute atomic E-state index is 0.110. The molecule has 1 aromatic carbocycles. The molecule has 0 aliphatic heterocycles. The van der Waals surface area contributed by atoms with Gasteiger partial charge < -0.3 is 10.3 Å². The standard InChI is InChI=1S/C11H13N3O/c1-8(9-5-3-2-4-6-9)11-13-10(7-12)14-15-11/h2-6,8H,7,12H2,1H3. The van der Waals surface area contributed by atoms with Gasteiger partial charge in [-0.2, -0.15) is 4.98 Å².